The Hall–Kier alpha value is -1.92. The zero-order chi connectivity index (χ0) is 14.5. The van der Waals surface area contributed by atoms with Crippen LogP contribution in [-0.4, -0.2) is 33.7 Å². The van der Waals surface area contributed by atoms with Crippen molar-refractivity contribution in [3.05, 3.63) is 47.0 Å². The number of hydrogen-bond donors (Lipinski definition) is 3. The summed E-state index contributed by atoms with van der Waals surface area (Å²) in [5.74, 6) is -0.201. The molecule has 2 aromatic rings. The van der Waals surface area contributed by atoms with Gasteiger partial charge >= 0.3 is 0 Å². The molecule has 1 amide bonds. The number of imidazole rings is 1. The predicted octanol–water partition coefficient (Wildman–Crippen LogP) is 1.89. The van der Waals surface area contributed by atoms with Crippen molar-refractivity contribution in [1.82, 2.24) is 14.9 Å². The van der Waals surface area contributed by atoms with Crippen LogP contribution in [0.1, 0.15) is 17.4 Å². The molecule has 0 aliphatic heterocycles. The van der Waals surface area contributed by atoms with Gasteiger partial charge in [-0.2, -0.15) is 0 Å². The van der Waals surface area contributed by atoms with E-state index < -0.39 is 0 Å². The van der Waals surface area contributed by atoms with Crippen LogP contribution in [0.3, 0.4) is 0 Å². The summed E-state index contributed by atoms with van der Waals surface area (Å²) in [5.41, 5.74) is 1.28. The van der Waals surface area contributed by atoms with Gasteiger partial charge in [-0.25, -0.2) is 0 Å². The highest BCUT2D eigenvalue weighted by Crippen LogP contribution is 2.12. The second kappa shape index (κ2) is 6.49. The van der Waals surface area contributed by atoms with Crippen molar-refractivity contribution < 1.29 is 9.90 Å². The highest BCUT2D eigenvalue weighted by atomic mass is 32.1. The molecule has 0 fully saturated rings. The largest absolute Gasteiger partial charge is 0.396 e. The van der Waals surface area contributed by atoms with Crippen LogP contribution in [0.15, 0.2) is 36.5 Å². The standard InChI is InChI=1S/C14H17N3O2S/c1-10(9-18)7-15-13(19)12-8-16-14(20)17(12)11-5-3-2-4-6-11/h2-6,8,10,18H,7,9H2,1H3,(H,15,19)(H,16,20). The minimum atomic E-state index is -0.221. The number of benzene rings is 1. The van der Waals surface area contributed by atoms with Crippen LogP contribution in [-0.2, 0) is 0 Å². The number of hydrogen-bond acceptors (Lipinski definition) is 3. The fourth-order valence-electron chi connectivity index (χ4n) is 1.79. The van der Waals surface area contributed by atoms with E-state index in [4.69, 9.17) is 17.3 Å². The number of aliphatic hydroxyl groups excluding tert-OH is 1. The van der Waals surface area contributed by atoms with Crippen LogP contribution in [0.5, 0.6) is 0 Å². The van der Waals surface area contributed by atoms with Crippen LogP contribution < -0.4 is 5.32 Å². The third-order valence-corrected chi connectivity index (χ3v) is 3.25. The zero-order valence-electron chi connectivity index (χ0n) is 11.2. The van der Waals surface area contributed by atoms with Gasteiger partial charge in [0.15, 0.2) is 4.77 Å². The number of nitrogens with zero attached hydrogens (tertiary/aromatic N) is 1. The lowest BCUT2D eigenvalue weighted by molar-refractivity contribution is 0.0935. The molecule has 0 saturated heterocycles. The molecule has 0 spiro atoms. The Bertz CT molecular complexity index is 633. The highest BCUT2D eigenvalue weighted by Gasteiger charge is 2.14. The summed E-state index contributed by atoms with van der Waals surface area (Å²) in [4.78, 5) is 15.1. The molecule has 1 atom stereocenters. The van der Waals surface area contributed by atoms with Gasteiger partial charge in [-0.3, -0.25) is 9.36 Å². The number of carbonyl (C=O) groups excluding carboxylic acids is 1. The Kier molecular flexibility index (Phi) is 4.70. The molecular formula is C14H17N3O2S. The Morgan fingerprint density at radius 1 is 1.45 bits per heavy atom. The molecule has 1 aromatic carbocycles. The molecule has 0 bridgehead atoms. The number of rotatable bonds is 5. The Labute approximate surface area is 122 Å². The number of nitrogens with one attached hydrogen (secondary N) is 2. The molecule has 1 aromatic heterocycles. The molecule has 0 saturated carbocycles. The molecule has 0 aliphatic rings. The summed E-state index contributed by atoms with van der Waals surface area (Å²) >= 11 is 5.22. The maximum absolute atomic E-state index is 12.2. The van der Waals surface area contributed by atoms with E-state index in [9.17, 15) is 4.79 Å². The maximum Gasteiger partial charge on any atom is 0.269 e. The SMILES string of the molecule is CC(CO)CNC(=O)c1c[nH]c(=S)n1-c1ccccc1. The highest BCUT2D eigenvalue weighted by molar-refractivity contribution is 7.71. The van der Waals surface area contributed by atoms with Gasteiger partial charge < -0.3 is 15.4 Å². The van der Waals surface area contributed by atoms with Crippen molar-refractivity contribution in [1.29, 1.82) is 0 Å². The fraction of sp³-hybridized carbons (Fsp3) is 0.286. The summed E-state index contributed by atoms with van der Waals surface area (Å²) in [6.07, 6.45) is 1.59. The first kappa shape index (κ1) is 14.5. The normalized spacial score (nSPS) is 12.1. The van der Waals surface area contributed by atoms with Gasteiger partial charge in [0, 0.05) is 25.0 Å². The average molecular weight is 291 g/mol. The number of aromatic nitrogens is 2. The first-order chi connectivity index (χ1) is 9.63. The average Bonchev–Trinajstić information content (AvgIpc) is 2.87. The predicted molar refractivity (Wildman–Crippen MR) is 79.5 cm³/mol. The summed E-state index contributed by atoms with van der Waals surface area (Å²) < 4.78 is 2.16. The molecule has 3 N–H and O–H groups in total. The minimum absolute atomic E-state index is 0.0195. The molecule has 1 unspecified atom stereocenters. The van der Waals surface area contributed by atoms with Crippen molar-refractivity contribution in [2.24, 2.45) is 5.92 Å². The molecular weight excluding hydrogens is 274 g/mol. The van der Waals surface area contributed by atoms with Crippen molar-refractivity contribution in [2.75, 3.05) is 13.2 Å². The number of H-pyrrole nitrogens is 1. The second-order valence-electron chi connectivity index (χ2n) is 4.65. The zero-order valence-corrected chi connectivity index (χ0v) is 12.0. The van der Waals surface area contributed by atoms with E-state index in [2.05, 4.69) is 10.3 Å². The lowest BCUT2D eigenvalue weighted by Gasteiger charge is -2.11. The van der Waals surface area contributed by atoms with E-state index in [0.717, 1.165) is 5.69 Å². The number of carbonyl (C=O) groups is 1. The van der Waals surface area contributed by atoms with Crippen molar-refractivity contribution in [3.63, 3.8) is 0 Å². The molecule has 20 heavy (non-hydrogen) atoms. The van der Waals surface area contributed by atoms with Gasteiger partial charge in [-0.05, 0) is 30.3 Å². The summed E-state index contributed by atoms with van der Waals surface area (Å²) in [6, 6.07) is 9.45. The Balaban J connectivity index is 2.26. The lowest BCUT2D eigenvalue weighted by atomic mass is 10.2. The monoisotopic (exact) mass is 291 g/mol. The van der Waals surface area contributed by atoms with Gasteiger partial charge in [0.1, 0.15) is 5.69 Å². The quantitative estimate of drug-likeness (QED) is 0.737. The van der Waals surface area contributed by atoms with Gasteiger partial charge in [0.25, 0.3) is 5.91 Å². The van der Waals surface area contributed by atoms with Crippen molar-refractivity contribution >= 4 is 18.1 Å². The van der Waals surface area contributed by atoms with E-state index in [1.807, 2.05) is 37.3 Å². The summed E-state index contributed by atoms with van der Waals surface area (Å²) in [5, 5.41) is 11.8. The van der Waals surface area contributed by atoms with Crippen LogP contribution >= 0.6 is 12.2 Å². The third-order valence-electron chi connectivity index (χ3n) is 2.95. The number of amides is 1. The second-order valence-corrected chi connectivity index (χ2v) is 5.03. The third kappa shape index (κ3) is 3.15. The van der Waals surface area contributed by atoms with E-state index in [1.54, 1.807) is 10.8 Å². The van der Waals surface area contributed by atoms with Gasteiger partial charge in [-0.15, -0.1) is 0 Å². The topological polar surface area (TPSA) is 70.1 Å². The molecule has 5 nitrogen and oxygen atoms in total. The van der Waals surface area contributed by atoms with Crippen LogP contribution in [0, 0.1) is 10.7 Å². The first-order valence-electron chi connectivity index (χ1n) is 6.38. The molecule has 0 radical (unpaired) electrons. The number of aliphatic hydroxyl groups is 1. The maximum atomic E-state index is 12.2. The fourth-order valence-corrected chi connectivity index (χ4v) is 2.05. The van der Waals surface area contributed by atoms with Crippen molar-refractivity contribution in [3.8, 4) is 5.69 Å². The molecule has 106 valence electrons. The van der Waals surface area contributed by atoms with Gasteiger partial charge in [0.2, 0.25) is 0 Å². The van der Waals surface area contributed by atoms with Gasteiger partial charge in [-0.1, -0.05) is 25.1 Å². The minimum Gasteiger partial charge on any atom is -0.396 e. The smallest absolute Gasteiger partial charge is 0.269 e. The van der Waals surface area contributed by atoms with E-state index in [-0.39, 0.29) is 18.4 Å². The van der Waals surface area contributed by atoms with E-state index in [1.165, 1.54) is 0 Å². The van der Waals surface area contributed by atoms with Gasteiger partial charge in [0.05, 0.1) is 0 Å². The summed E-state index contributed by atoms with van der Waals surface area (Å²) in [7, 11) is 0. The van der Waals surface area contributed by atoms with Crippen LogP contribution in [0.2, 0.25) is 0 Å². The number of aromatic amines is 1. The molecule has 1 heterocycles. The summed E-state index contributed by atoms with van der Waals surface area (Å²) in [6.45, 7) is 2.32. The molecule has 6 heteroatoms. The lowest BCUT2D eigenvalue weighted by Crippen LogP contribution is -2.30. The van der Waals surface area contributed by atoms with E-state index >= 15 is 0 Å². The first-order valence-corrected chi connectivity index (χ1v) is 6.79. The van der Waals surface area contributed by atoms with Crippen molar-refractivity contribution in [2.45, 2.75) is 6.92 Å². The van der Waals surface area contributed by atoms with Crippen LogP contribution in [0.4, 0.5) is 0 Å². The number of para-hydroxylation sites is 1. The van der Waals surface area contributed by atoms with E-state index in [0.29, 0.717) is 17.0 Å². The Morgan fingerprint density at radius 3 is 2.80 bits per heavy atom. The van der Waals surface area contributed by atoms with Crippen LogP contribution in [0.25, 0.3) is 5.69 Å². The molecule has 2 rings (SSSR count). The Morgan fingerprint density at radius 2 is 2.15 bits per heavy atom. The molecule has 0 aliphatic carbocycles.